The van der Waals surface area contributed by atoms with Gasteiger partial charge in [-0.05, 0) is 6.42 Å². The molecule has 58 valence electrons. The van der Waals surface area contributed by atoms with Gasteiger partial charge in [0.15, 0.2) is 0 Å². The Morgan fingerprint density at radius 3 is 2.60 bits per heavy atom. The van der Waals surface area contributed by atoms with Crippen LogP contribution in [0.15, 0.2) is 11.9 Å². The second kappa shape index (κ2) is 4.04. The lowest BCUT2D eigenvalue weighted by Gasteiger charge is -2.02. The van der Waals surface area contributed by atoms with E-state index in [1.165, 1.54) is 0 Å². The van der Waals surface area contributed by atoms with Crippen molar-refractivity contribution >= 4 is 5.97 Å². The number of halogens is 1. The number of hydrogen-bond acceptors (Lipinski definition) is 1. The summed E-state index contributed by atoms with van der Waals surface area (Å²) < 4.78 is 12.5. The number of aliphatic carboxylic acids is 1. The van der Waals surface area contributed by atoms with Gasteiger partial charge in [0, 0.05) is 5.92 Å². The topological polar surface area (TPSA) is 37.3 Å². The zero-order chi connectivity index (χ0) is 8.15. The predicted molar refractivity (Wildman–Crippen MR) is 36.3 cm³/mol. The fourth-order valence-corrected chi connectivity index (χ4v) is 0.455. The van der Waals surface area contributed by atoms with E-state index in [9.17, 15) is 9.18 Å². The summed E-state index contributed by atoms with van der Waals surface area (Å²) in [5.41, 5.74) is 0. The summed E-state index contributed by atoms with van der Waals surface area (Å²) in [5.74, 6) is -2.07. The Balaban J connectivity index is 4.04. The monoisotopic (exact) mass is 146 g/mol. The van der Waals surface area contributed by atoms with Crippen molar-refractivity contribution in [2.45, 2.75) is 20.3 Å². The average molecular weight is 146 g/mol. The Kier molecular flexibility index (Phi) is 3.69. The van der Waals surface area contributed by atoms with E-state index in [2.05, 4.69) is 0 Å². The third-order valence-electron chi connectivity index (χ3n) is 1.34. The summed E-state index contributed by atoms with van der Waals surface area (Å²) in [7, 11) is 0. The first-order chi connectivity index (χ1) is 4.57. The van der Waals surface area contributed by atoms with Gasteiger partial charge < -0.3 is 5.11 Å². The molecule has 0 rings (SSSR count). The van der Waals surface area contributed by atoms with Gasteiger partial charge in [0.05, 0.1) is 6.08 Å². The smallest absolute Gasteiger partial charge is 0.330 e. The summed E-state index contributed by atoms with van der Waals surface area (Å²) in [6.07, 6.45) is 1.23. The minimum absolute atomic E-state index is 0.281. The highest BCUT2D eigenvalue weighted by atomic mass is 19.1. The maximum Gasteiger partial charge on any atom is 0.330 e. The van der Waals surface area contributed by atoms with Gasteiger partial charge in [-0.15, -0.1) is 0 Å². The molecule has 0 bridgehead atoms. The zero-order valence-electron chi connectivity index (χ0n) is 6.10. The number of carbonyl (C=O) groups is 1. The van der Waals surface area contributed by atoms with Crippen LogP contribution in [0.2, 0.25) is 0 Å². The summed E-state index contributed by atoms with van der Waals surface area (Å²) in [6, 6.07) is 0. The van der Waals surface area contributed by atoms with Crippen molar-refractivity contribution < 1.29 is 14.3 Å². The highest BCUT2D eigenvalue weighted by molar-refractivity contribution is 5.80. The number of carboxylic acids is 1. The first kappa shape index (κ1) is 9.14. The normalized spacial score (nSPS) is 14.9. The number of carboxylic acid groups (broad SMARTS) is 1. The fraction of sp³-hybridized carbons (Fsp3) is 0.571. The molecule has 10 heavy (non-hydrogen) atoms. The van der Waals surface area contributed by atoms with Crippen LogP contribution in [0.4, 0.5) is 4.39 Å². The zero-order valence-corrected chi connectivity index (χ0v) is 6.10. The molecule has 2 nitrogen and oxygen atoms in total. The predicted octanol–water partition coefficient (Wildman–Crippen LogP) is 1.97. The van der Waals surface area contributed by atoms with Crippen LogP contribution in [0, 0.1) is 5.92 Å². The minimum atomic E-state index is -1.22. The van der Waals surface area contributed by atoms with Gasteiger partial charge >= 0.3 is 5.97 Å². The van der Waals surface area contributed by atoms with Gasteiger partial charge in [0.2, 0.25) is 0 Å². The molecule has 0 radical (unpaired) electrons. The van der Waals surface area contributed by atoms with E-state index in [0.29, 0.717) is 12.5 Å². The summed E-state index contributed by atoms with van der Waals surface area (Å²) in [4.78, 5) is 9.91. The fourth-order valence-electron chi connectivity index (χ4n) is 0.455. The molecule has 0 aliphatic heterocycles. The Morgan fingerprint density at radius 1 is 1.80 bits per heavy atom. The maximum atomic E-state index is 12.5. The molecule has 0 aliphatic carbocycles. The molecule has 0 saturated heterocycles. The van der Waals surface area contributed by atoms with Gasteiger partial charge in [-0.25, -0.2) is 9.18 Å². The van der Waals surface area contributed by atoms with Gasteiger partial charge in [0.25, 0.3) is 0 Å². The van der Waals surface area contributed by atoms with Crippen molar-refractivity contribution in [3.05, 3.63) is 11.9 Å². The third kappa shape index (κ3) is 3.22. The van der Waals surface area contributed by atoms with E-state index in [0.717, 1.165) is 0 Å². The van der Waals surface area contributed by atoms with Crippen molar-refractivity contribution in [2.75, 3.05) is 0 Å². The molecule has 1 unspecified atom stereocenters. The van der Waals surface area contributed by atoms with Gasteiger partial charge in [-0.1, -0.05) is 13.8 Å². The minimum Gasteiger partial charge on any atom is -0.478 e. The highest BCUT2D eigenvalue weighted by Gasteiger charge is 2.06. The second-order valence-corrected chi connectivity index (χ2v) is 2.18. The van der Waals surface area contributed by atoms with Crippen LogP contribution in [0.5, 0.6) is 0 Å². The molecular formula is C7H11FO2. The second-order valence-electron chi connectivity index (χ2n) is 2.18. The summed E-state index contributed by atoms with van der Waals surface area (Å²) >= 11 is 0. The number of allylic oxidation sites excluding steroid dienone is 1. The largest absolute Gasteiger partial charge is 0.478 e. The maximum absolute atomic E-state index is 12.5. The molecule has 0 aliphatic rings. The molecule has 0 saturated carbocycles. The van der Waals surface area contributed by atoms with Crippen LogP contribution in [0.1, 0.15) is 20.3 Å². The standard InChI is InChI=1S/C7H11FO2/c1-3-5(2)6(8)4-7(9)10/h4-5H,3H2,1-2H3,(H,9,10)/b6-4-. The number of rotatable bonds is 3. The lowest BCUT2D eigenvalue weighted by molar-refractivity contribution is -0.131. The first-order valence-electron chi connectivity index (χ1n) is 3.18. The average Bonchev–Trinajstić information content (AvgIpc) is 1.85. The Bertz CT molecular complexity index is 152. The lowest BCUT2D eigenvalue weighted by Crippen LogP contribution is -1.96. The summed E-state index contributed by atoms with van der Waals surface area (Å²) in [6.45, 7) is 3.45. The molecule has 0 heterocycles. The molecule has 0 fully saturated rings. The first-order valence-corrected chi connectivity index (χ1v) is 3.18. The summed E-state index contributed by atoms with van der Waals surface area (Å²) in [5, 5.41) is 8.11. The van der Waals surface area contributed by atoms with Crippen LogP contribution in [-0.2, 0) is 4.79 Å². The molecule has 0 aromatic heterocycles. The van der Waals surface area contributed by atoms with Crippen LogP contribution in [0.3, 0.4) is 0 Å². The van der Waals surface area contributed by atoms with Gasteiger partial charge in [-0.2, -0.15) is 0 Å². The van der Waals surface area contributed by atoms with E-state index in [1.54, 1.807) is 13.8 Å². The molecule has 0 aromatic rings. The number of hydrogen-bond donors (Lipinski definition) is 1. The highest BCUT2D eigenvalue weighted by Crippen LogP contribution is 2.14. The Labute approximate surface area is 59.4 Å². The van der Waals surface area contributed by atoms with E-state index in [1.807, 2.05) is 0 Å². The molecular weight excluding hydrogens is 135 g/mol. The van der Waals surface area contributed by atoms with Crippen molar-refractivity contribution in [3.63, 3.8) is 0 Å². The van der Waals surface area contributed by atoms with Gasteiger partial charge in [-0.3, -0.25) is 0 Å². The lowest BCUT2D eigenvalue weighted by atomic mass is 10.1. The van der Waals surface area contributed by atoms with Crippen LogP contribution in [0.25, 0.3) is 0 Å². The van der Waals surface area contributed by atoms with Crippen LogP contribution < -0.4 is 0 Å². The van der Waals surface area contributed by atoms with E-state index in [4.69, 9.17) is 5.11 Å². The molecule has 1 N–H and O–H groups in total. The third-order valence-corrected chi connectivity index (χ3v) is 1.34. The Hall–Kier alpha value is -0.860. The van der Waals surface area contributed by atoms with E-state index in [-0.39, 0.29) is 5.92 Å². The van der Waals surface area contributed by atoms with E-state index < -0.39 is 11.8 Å². The quantitative estimate of drug-likeness (QED) is 0.618. The molecule has 0 spiro atoms. The van der Waals surface area contributed by atoms with Crippen LogP contribution >= 0.6 is 0 Å². The Morgan fingerprint density at radius 2 is 2.30 bits per heavy atom. The molecule has 0 amide bonds. The molecule has 0 aromatic carbocycles. The van der Waals surface area contributed by atoms with Crippen molar-refractivity contribution in [1.82, 2.24) is 0 Å². The van der Waals surface area contributed by atoms with Crippen LogP contribution in [-0.4, -0.2) is 11.1 Å². The van der Waals surface area contributed by atoms with E-state index >= 15 is 0 Å². The van der Waals surface area contributed by atoms with Crippen molar-refractivity contribution in [3.8, 4) is 0 Å². The van der Waals surface area contributed by atoms with Crippen molar-refractivity contribution in [2.24, 2.45) is 5.92 Å². The van der Waals surface area contributed by atoms with Gasteiger partial charge in [0.1, 0.15) is 5.83 Å². The molecule has 1 atom stereocenters. The SMILES string of the molecule is CCC(C)/C(F)=C/C(=O)O. The van der Waals surface area contributed by atoms with Crippen molar-refractivity contribution in [1.29, 1.82) is 0 Å². The molecule has 3 heteroatoms.